The molecular formula is C23H24FN5O. The largest absolute Gasteiger partial charge is 0.368 e. The number of carbonyl (C=O) groups is 1. The van der Waals surface area contributed by atoms with Gasteiger partial charge in [-0.15, -0.1) is 0 Å². The van der Waals surface area contributed by atoms with Crippen LogP contribution in [0.2, 0.25) is 0 Å². The molecule has 1 amide bonds. The smallest absolute Gasteiger partial charge is 0.248 e. The van der Waals surface area contributed by atoms with Crippen LogP contribution in [0.1, 0.15) is 40.4 Å². The highest BCUT2D eigenvalue weighted by molar-refractivity contribution is 5.93. The molecule has 30 heavy (non-hydrogen) atoms. The van der Waals surface area contributed by atoms with Gasteiger partial charge in [-0.2, -0.15) is 0 Å². The lowest BCUT2D eigenvalue weighted by atomic mass is 9.89. The van der Waals surface area contributed by atoms with Crippen LogP contribution in [0.5, 0.6) is 0 Å². The molecule has 2 heterocycles. The third-order valence-corrected chi connectivity index (χ3v) is 5.53. The predicted octanol–water partition coefficient (Wildman–Crippen LogP) is 3.34. The zero-order valence-electron chi connectivity index (χ0n) is 16.6. The number of hydrogen-bond donors (Lipinski definition) is 2. The number of anilines is 1. The van der Waals surface area contributed by atoms with Gasteiger partial charge >= 0.3 is 0 Å². The van der Waals surface area contributed by atoms with E-state index < -0.39 is 5.91 Å². The van der Waals surface area contributed by atoms with Crippen molar-refractivity contribution >= 4 is 11.9 Å². The molecule has 4 rings (SSSR count). The van der Waals surface area contributed by atoms with Crippen LogP contribution in [0.15, 0.2) is 54.7 Å². The average Bonchev–Trinajstić information content (AvgIpc) is 2.76. The number of nitrogen functional groups attached to an aromatic ring is 1. The minimum absolute atomic E-state index is 0.204. The first kappa shape index (κ1) is 20.0. The lowest BCUT2D eigenvalue weighted by Gasteiger charge is -2.33. The topological polar surface area (TPSA) is 98.1 Å². The number of piperidine rings is 1. The average molecular weight is 405 g/mol. The molecule has 0 unspecified atom stereocenters. The van der Waals surface area contributed by atoms with Gasteiger partial charge < -0.3 is 11.5 Å². The summed E-state index contributed by atoms with van der Waals surface area (Å²) in [5.74, 6) is -0.230. The molecule has 1 aliphatic rings. The Bertz CT molecular complexity index is 1040. The van der Waals surface area contributed by atoms with Crippen molar-refractivity contribution in [3.05, 3.63) is 77.4 Å². The predicted molar refractivity (Wildman–Crippen MR) is 114 cm³/mol. The van der Waals surface area contributed by atoms with Gasteiger partial charge in [0.15, 0.2) is 0 Å². The highest BCUT2D eigenvalue weighted by atomic mass is 19.1. The second kappa shape index (κ2) is 8.59. The number of rotatable bonds is 5. The zero-order chi connectivity index (χ0) is 21.1. The molecular weight excluding hydrogens is 381 g/mol. The van der Waals surface area contributed by atoms with E-state index in [0.717, 1.165) is 54.9 Å². The fourth-order valence-corrected chi connectivity index (χ4v) is 4.03. The van der Waals surface area contributed by atoms with Crippen LogP contribution in [0, 0.1) is 5.82 Å². The molecule has 0 radical (unpaired) electrons. The van der Waals surface area contributed by atoms with Crippen molar-refractivity contribution in [1.29, 1.82) is 0 Å². The summed E-state index contributed by atoms with van der Waals surface area (Å²) in [6.07, 6.45) is 3.79. The van der Waals surface area contributed by atoms with Gasteiger partial charge in [-0.1, -0.05) is 24.3 Å². The van der Waals surface area contributed by atoms with E-state index in [0.29, 0.717) is 5.56 Å². The Morgan fingerprint density at radius 3 is 2.57 bits per heavy atom. The van der Waals surface area contributed by atoms with E-state index in [-0.39, 0.29) is 17.7 Å². The first-order valence-corrected chi connectivity index (χ1v) is 9.99. The lowest BCUT2D eigenvalue weighted by molar-refractivity contribution is 0.100. The number of benzene rings is 2. The summed E-state index contributed by atoms with van der Waals surface area (Å²) in [5.41, 5.74) is 15.6. The molecule has 1 aromatic heterocycles. The summed E-state index contributed by atoms with van der Waals surface area (Å²) in [6.45, 7) is 2.58. The number of halogens is 1. The maximum atomic E-state index is 13.2. The summed E-state index contributed by atoms with van der Waals surface area (Å²) in [6, 6.07) is 13.8. The van der Waals surface area contributed by atoms with E-state index in [1.807, 2.05) is 24.3 Å². The third-order valence-electron chi connectivity index (χ3n) is 5.53. The summed E-state index contributed by atoms with van der Waals surface area (Å²) < 4.78 is 13.2. The van der Waals surface area contributed by atoms with Gasteiger partial charge in [0.2, 0.25) is 11.9 Å². The van der Waals surface area contributed by atoms with Crippen LogP contribution in [-0.2, 0) is 6.54 Å². The third kappa shape index (κ3) is 4.46. The normalized spacial score (nSPS) is 17.0. The molecule has 1 atom stereocenters. The van der Waals surface area contributed by atoms with Gasteiger partial charge in [-0.25, -0.2) is 14.4 Å². The van der Waals surface area contributed by atoms with Crippen molar-refractivity contribution in [3.63, 3.8) is 0 Å². The standard InChI is InChI=1S/C23H24FN5O/c24-19-9-3-15(4-10-19)13-29-11-1-2-18(14-29)21-20(12-27-23(26)28-21)16-5-7-17(8-6-16)22(25)30/h3-10,12,18H,1-2,11,13-14H2,(H2,25,30)(H2,26,27,28)/t18-/m0/s1. The molecule has 1 fully saturated rings. The van der Waals surface area contributed by atoms with Gasteiger partial charge in [-0.3, -0.25) is 9.69 Å². The lowest BCUT2D eigenvalue weighted by Crippen LogP contribution is -2.34. The highest BCUT2D eigenvalue weighted by Crippen LogP contribution is 2.34. The highest BCUT2D eigenvalue weighted by Gasteiger charge is 2.25. The molecule has 4 N–H and O–H groups in total. The quantitative estimate of drug-likeness (QED) is 0.678. The van der Waals surface area contributed by atoms with E-state index in [4.69, 9.17) is 11.5 Å². The molecule has 0 spiro atoms. The van der Waals surface area contributed by atoms with E-state index in [9.17, 15) is 9.18 Å². The van der Waals surface area contributed by atoms with Gasteiger partial charge in [0.1, 0.15) is 5.82 Å². The Morgan fingerprint density at radius 2 is 1.87 bits per heavy atom. The molecule has 154 valence electrons. The Morgan fingerprint density at radius 1 is 1.13 bits per heavy atom. The second-order valence-corrected chi connectivity index (χ2v) is 7.67. The van der Waals surface area contributed by atoms with Gasteiger partial charge in [0.25, 0.3) is 0 Å². The van der Waals surface area contributed by atoms with E-state index in [1.165, 1.54) is 12.1 Å². The molecule has 7 heteroatoms. The molecule has 6 nitrogen and oxygen atoms in total. The molecule has 0 aliphatic carbocycles. The number of amides is 1. The summed E-state index contributed by atoms with van der Waals surface area (Å²) in [7, 11) is 0. The van der Waals surface area contributed by atoms with Crippen LogP contribution in [0.3, 0.4) is 0 Å². The van der Waals surface area contributed by atoms with Crippen molar-refractivity contribution in [2.75, 3.05) is 18.8 Å². The summed E-state index contributed by atoms with van der Waals surface area (Å²) in [5, 5.41) is 0. The minimum atomic E-state index is -0.459. The molecule has 1 saturated heterocycles. The fourth-order valence-electron chi connectivity index (χ4n) is 4.03. The van der Waals surface area contributed by atoms with Crippen LogP contribution < -0.4 is 11.5 Å². The number of nitrogens with zero attached hydrogens (tertiary/aromatic N) is 3. The van der Waals surface area contributed by atoms with Crippen molar-refractivity contribution in [2.45, 2.75) is 25.3 Å². The first-order valence-electron chi connectivity index (χ1n) is 9.99. The molecule has 2 aromatic carbocycles. The summed E-state index contributed by atoms with van der Waals surface area (Å²) >= 11 is 0. The van der Waals surface area contributed by atoms with Crippen LogP contribution in [-0.4, -0.2) is 33.9 Å². The number of likely N-dealkylation sites (tertiary alicyclic amines) is 1. The van der Waals surface area contributed by atoms with E-state index in [2.05, 4.69) is 14.9 Å². The minimum Gasteiger partial charge on any atom is -0.368 e. The number of nitrogens with two attached hydrogens (primary N) is 2. The number of carbonyl (C=O) groups excluding carboxylic acids is 1. The monoisotopic (exact) mass is 405 g/mol. The van der Waals surface area contributed by atoms with E-state index in [1.54, 1.807) is 18.3 Å². The Balaban J connectivity index is 1.58. The number of primary amides is 1. The maximum Gasteiger partial charge on any atom is 0.248 e. The Labute approximate surface area is 174 Å². The van der Waals surface area contributed by atoms with Crippen molar-refractivity contribution in [1.82, 2.24) is 14.9 Å². The second-order valence-electron chi connectivity index (χ2n) is 7.67. The molecule has 0 saturated carbocycles. The van der Waals surface area contributed by atoms with Gasteiger partial charge in [0.05, 0.1) is 5.69 Å². The Hall–Kier alpha value is -3.32. The Kier molecular flexibility index (Phi) is 5.72. The van der Waals surface area contributed by atoms with Crippen molar-refractivity contribution in [3.8, 4) is 11.1 Å². The van der Waals surface area contributed by atoms with Crippen LogP contribution in [0.4, 0.5) is 10.3 Å². The molecule has 3 aromatic rings. The maximum absolute atomic E-state index is 13.2. The van der Waals surface area contributed by atoms with Gasteiger partial charge in [0, 0.05) is 36.3 Å². The van der Waals surface area contributed by atoms with Gasteiger partial charge in [-0.05, 0) is 54.8 Å². The van der Waals surface area contributed by atoms with Crippen molar-refractivity contribution < 1.29 is 9.18 Å². The van der Waals surface area contributed by atoms with Crippen molar-refractivity contribution in [2.24, 2.45) is 5.73 Å². The fraction of sp³-hybridized carbons (Fsp3) is 0.261. The SMILES string of the molecule is NC(=O)c1ccc(-c2cnc(N)nc2[C@H]2CCCN(Cc3ccc(F)cc3)C2)cc1. The first-order chi connectivity index (χ1) is 14.5. The number of aromatic nitrogens is 2. The zero-order valence-corrected chi connectivity index (χ0v) is 16.6. The van der Waals surface area contributed by atoms with E-state index >= 15 is 0 Å². The van der Waals surface area contributed by atoms with Crippen LogP contribution >= 0.6 is 0 Å². The molecule has 1 aliphatic heterocycles. The van der Waals surface area contributed by atoms with Crippen LogP contribution in [0.25, 0.3) is 11.1 Å². The molecule has 0 bridgehead atoms. The summed E-state index contributed by atoms with van der Waals surface area (Å²) in [4.78, 5) is 22.5. The number of hydrogen-bond acceptors (Lipinski definition) is 5.